The van der Waals surface area contributed by atoms with E-state index in [1.165, 1.54) is 0 Å². The highest BCUT2D eigenvalue weighted by molar-refractivity contribution is 6.31. The fourth-order valence-electron chi connectivity index (χ4n) is 1.57. The van der Waals surface area contributed by atoms with Crippen molar-refractivity contribution in [2.24, 2.45) is 0 Å². The van der Waals surface area contributed by atoms with Crippen LogP contribution in [0.1, 0.15) is 5.56 Å². The molecule has 0 bridgehead atoms. The van der Waals surface area contributed by atoms with Crippen LogP contribution in [0.5, 0.6) is 0 Å². The third kappa shape index (κ3) is 4.72. The highest BCUT2D eigenvalue weighted by Gasteiger charge is 2.30. The molecular formula is C11H14ClF3N2O. The summed E-state index contributed by atoms with van der Waals surface area (Å²) in [5.74, 6) is 0. The number of hydrogen-bond donors (Lipinski definition) is 2. The highest BCUT2D eigenvalue weighted by Crippen LogP contribution is 2.25. The zero-order valence-corrected chi connectivity index (χ0v) is 10.3. The van der Waals surface area contributed by atoms with Gasteiger partial charge in [0.2, 0.25) is 0 Å². The van der Waals surface area contributed by atoms with Gasteiger partial charge in [-0.05, 0) is 12.1 Å². The van der Waals surface area contributed by atoms with Gasteiger partial charge in [0, 0.05) is 29.4 Å². The van der Waals surface area contributed by atoms with Crippen molar-refractivity contribution in [1.29, 1.82) is 0 Å². The molecule has 0 aliphatic carbocycles. The fraction of sp³-hybridized carbons (Fsp3) is 0.455. The predicted molar refractivity (Wildman–Crippen MR) is 64.3 cm³/mol. The Kier molecular flexibility index (Phi) is 5.25. The van der Waals surface area contributed by atoms with E-state index in [-0.39, 0.29) is 19.7 Å². The summed E-state index contributed by atoms with van der Waals surface area (Å²) in [6.45, 7) is -1.62. The Bertz CT molecular complexity index is 378. The van der Waals surface area contributed by atoms with Crippen LogP contribution >= 0.6 is 11.6 Å². The maximum absolute atomic E-state index is 12.3. The molecule has 1 rings (SSSR count). The smallest absolute Gasteiger partial charge is 0.398 e. The van der Waals surface area contributed by atoms with Gasteiger partial charge in [-0.2, -0.15) is 13.2 Å². The second-order valence-corrected chi connectivity index (χ2v) is 4.26. The Labute approximate surface area is 108 Å². The van der Waals surface area contributed by atoms with Gasteiger partial charge >= 0.3 is 6.18 Å². The van der Waals surface area contributed by atoms with Crippen molar-refractivity contribution < 1.29 is 18.3 Å². The van der Waals surface area contributed by atoms with Crippen LogP contribution < -0.4 is 5.73 Å². The molecule has 0 amide bonds. The molecular weight excluding hydrogens is 269 g/mol. The largest absolute Gasteiger partial charge is 0.401 e. The molecule has 102 valence electrons. The van der Waals surface area contributed by atoms with Gasteiger partial charge < -0.3 is 10.8 Å². The summed E-state index contributed by atoms with van der Waals surface area (Å²) in [6.07, 6.45) is -4.33. The molecule has 3 nitrogen and oxygen atoms in total. The lowest BCUT2D eigenvalue weighted by atomic mass is 10.1. The molecule has 0 atom stereocenters. The summed E-state index contributed by atoms with van der Waals surface area (Å²) in [6, 6.07) is 4.77. The van der Waals surface area contributed by atoms with Crippen molar-refractivity contribution in [3.63, 3.8) is 0 Å². The van der Waals surface area contributed by atoms with E-state index in [9.17, 15) is 13.2 Å². The van der Waals surface area contributed by atoms with E-state index in [1.807, 2.05) is 0 Å². The fourth-order valence-corrected chi connectivity index (χ4v) is 1.82. The first kappa shape index (κ1) is 15.1. The maximum atomic E-state index is 12.3. The molecule has 7 heteroatoms. The van der Waals surface area contributed by atoms with E-state index in [4.69, 9.17) is 22.4 Å². The summed E-state index contributed by atoms with van der Waals surface area (Å²) in [5.41, 5.74) is 6.46. The Balaban J connectivity index is 2.83. The molecule has 0 aliphatic rings. The molecule has 0 saturated carbocycles. The van der Waals surface area contributed by atoms with Gasteiger partial charge in [0.25, 0.3) is 0 Å². The van der Waals surface area contributed by atoms with Crippen molar-refractivity contribution in [3.05, 3.63) is 28.8 Å². The zero-order valence-electron chi connectivity index (χ0n) is 9.54. The Hall–Kier alpha value is -0.980. The number of hydrogen-bond acceptors (Lipinski definition) is 3. The summed E-state index contributed by atoms with van der Waals surface area (Å²) in [7, 11) is 0. The minimum atomic E-state index is -4.33. The number of benzene rings is 1. The van der Waals surface area contributed by atoms with Crippen LogP contribution in [0, 0.1) is 0 Å². The quantitative estimate of drug-likeness (QED) is 0.815. The molecule has 3 N–H and O–H groups in total. The van der Waals surface area contributed by atoms with Gasteiger partial charge in [0.1, 0.15) is 0 Å². The van der Waals surface area contributed by atoms with Crippen LogP contribution in [0.15, 0.2) is 18.2 Å². The first-order chi connectivity index (χ1) is 8.33. The van der Waals surface area contributed by atoms with Crippen LogP contribution in [0.25, 0.3) is 0 Å². The van der Waals surface area contributed by atoms with Gasteiger partial charge in [-0.25, -0.2) is 0 Å². The van der Waals surface area contributed by atoms with Gasteiger partial charge in [-0.15, -0.1) is 0 Å². The number of anilines is 1. The zero-order chi connectivity index (χ0) is 13.8. The lowest BCUT2D eigenvalue weighted by Crippen LogP contribution is -2.36. The average Bonchev–Trinajstić information content (AvgIpc) is 2.21. The van der Waals surface area contributed by atoms with E-state index in [0.29, 0.717) is 16.3 Å². The molecule has 0 heterocycles. The van der Waals surface area contributed by atoms with Crippen LogP contribution in [0.3, 0.4) is 0 Å². The predicted octanol–water partition coefficient (Wildman–Crippen LogP) is 2.28. The minimum absolute atomic E-state index is 0.0500. The third-order valence-electron chi connectivity index (χ3n) is 2.36. The summed E-state index contributed by atoms with van der Waals surface area (Å²) in [4.78, 5) is 1.05. The van der Waals surface area contributed by atoms with Gasteiger partial charge in [-0.3, -0.25) is 4.90 Å². The van der Waals surface area contributed by atoms with Crippen molar-refractivity contribution in [3.8, 4) is 0 Å². The van der Waals surface area contributed by atoms with Crippen LogP contribution in [0.4, 0.5) is 18.9 Å². The summed E-state index contributed by atoms with van der Waals surface area (Å²) in [5, 5.41) is 9.10. The van der Waals surface area contributed by atoms with E-state index in [1.54, 1.807) is 18.2 Å². The summed E-state index contributed by atoms with van der Waals surface area (Å²) >= 11 is 5.89. The molecule has 0 saturated heterocycles. The first-order valence-corrected chi connectivity index (χ1v) is 5.64. The number of aliphatic hydroxyl groups is 1. The first-order valence-electron chi connectivity index (χ1n) is 5.26. The molecule has 18 heavy (non-hydrogen) atoms. The van der Waals surface area contributed by atoms with Crippen molar-refractivity contribution in [2.75, 3.05) is 25.4 Å². The number of rotatable bonds is 5. The lowest BCUT2D eigenvalue weighted by Gasteiger charge is -2.23. The number of nitrogen functional groups attached to an aromatic ring is 1. The maximum Gasteiger partial charge on any atom is 0.401 e. The standard InChI is InChI=1S/C11H14ClF3N2O/c12-9-2-1-3-10(16)8(9)6-17(4-5-18)7-11(13,14)15/h1-3,18H,4-7,16H2. The summed E-state index contributed by atoms with van der Waals surface area (Å²) < 4.78 is 37.0. The van der Waals surface area contributed by atoms with Gasteiger partial charge in [-0.1, -0.05) is 17.7 Å². The van der Waals surface area contributed by atoms with Crippen LogP contribution in [-0.4, -0.2) is 35.9 Å². The molecule has 0 fully saturated rings. The molecule has 0 unspecified atom stereocenters. The SMILES string of the molecule is Nc1cccc(Cl)c1CN(CCO)CC(F)(F)F. The van der Waals surface area contributed by atoms with Gasteiger partial charge in [0.05, 0.1) is 13.2 Å². The van der Waals surface area contributed by atoms with Crippen molar-refractivity contribution >= 4 is 17.3 Å². The third-order valence-corrected chi connectivity index (χ3v) is 2.71. The Morgan fingerprint density at radius 2 is 2.00 bits per heavy atom. The molecule has 0 radical (unpaired) electrons. The van der Waals surface area contributed by atoms with Crippen LogP contribution in [-0.2, 0) is 6.54 Å². The second kappa shape index (κ2) is 6.26. The number of alkyl halides is 3. The van der Waals surface area contributed by atoms with E-state index >= 15 is 0 Å². The monoisotopic (exact) mass is 282 g/mol. The molecule has 1 aromatic carbocycles. The van der Waals surface area contributed by atoms with Gasteiger partial charge in [0.15, 0.2) is 0 Å². The molecule has 0 spiro atoms. The minimum Gasteiger partial charge on any atom is -0.398 e. The highest BCUT2D eigenvalue weighted by atomic mass is 35.5. The van der Waals surface area contributed by atoms with Crippen molar-refractivity contribution in [2.45, 2.75) is 12.7 Å². The molecule has 1 aromatic rings. The van der Waals surface area contributed by atoms with E-state index in [0.717, 1.165) is 4.90 Å². The Morgan fingerprint density at radius 1 is 1.33 bits per heavy atom. The molecule has 0 aromatic heterocycles. The average molecular weight is 283 g/mol. The van der Waals surface area contributed by atoms with Crippen molar-refractivity contribution in [1.82, 2.24) is 4.90 Å². The van der Waals surface area contributed by atoms with E-state index in [2.05, 4.69) is 0 Å². The van der Waals surface area contributed by atoms with Crippen LogP contribution in [0.2, 0.25) is 5.02 Å². The normalized spacial score (nSPS) is 12.1. The topological polar surface area (TPSA) is 49.5 Å². The second-order valence-electron chi connectivity index (χ2n) is 3.86. The Morgan fingerprint density at radius 3 is 2.50 bits per heavy atom. The number of nitrogens with two attached hydrogens (primary N) is 1. The number of aliphatic hydroxyl groups excluding tert-OH is 1. The number of halogens is 4. The van der Waals surface area contributed by atoms with E-state index < -0.39 is 12.7 Å². The number of nitrogens with zero attached hydrogens (tertiary/aromatic N) is 1. The lowest BCUT2D eigenvalue weighted by molar-refractivity contribution is -0.147. The molecule has 0 aliphatic heterocycles.